The summed E-state index contributed by atoms with van der Waals surface area (Å²) in [6, 6.07) is 26.0. The molecule has 150 valence electrons. The van der Waals surface area contributed by atoms with E-state index >= 15 is 0 Å². The first kappa shape index (κ1) is 21.1. The van der Waals surface area contributed by atoms with Crippen LogP contribution in [-0.2, 0) is 0 Å². The van der Waals surface area contributed by atoms with Crippen molar-refractivity contribution in [1.29, 1.82) is 0 Å². The second-order valence-electron chi connectivity index (χ2n) is 7.84. The summed E-state index contributed by atoms with van der Waals surface area (Å²) in [5.41, 5.74) is 12.6. The fraction of sp³-hybridized carbons (Fsp3) is 0.143. The van der Waals surface area contributed by atoms with Gasteiger partial charge in [0, 0.05) is 8.95 Å². The second kappa shape index (κ2) is 8.53. The van der Waals surface area contributed by atoms with Crippen molar-refractivity contribution >= 4 is 31.9 Å². The molecular formula is C28H24Br2. The molecule has 4 aromatic rings. The van der Waals surface area contributed by atoms with Crippen LogP contribution in [0, 0.1) is 27.7 Å². The number of aryl methyl sites for hydroxylation is 2. The molecule has 0 radical (unpaired) electrons. The van der Waals surface area contributed by atoms with Crippen LogP contribution in [-0.4, -0.2) is 0 Å². The first-order valence-electron chi connectivity index (χ1n) is 10.1. The molecule has 0 spiro atoms. The van der Waals surface area contributed by atoms with E-state index in [9.17, 15) is 0 Å². The van der Waals surface area contributed by atoms with Crippen LogP contribution >= 0.6 is 31.9 Å². The zero-order valence-corrected chi connectivity index (χ0v) is 20.9. The van der Waals surface area contributed by atoms with Crippen LogP contribution in [0.4, 0.5) is 0 Å². The van der Waals surface area contributed by atoms with Gasteiger partial charge in [0.2, 0.25) is 0 Å². The Labute approximate surface area is 196 Å². The predicted molar refractivity (Wildman–Crippen MR) is 137 cm³/mol. The van der Waals surface area contributed by atoms with Crippen molar-refractivity contribution in [3.63, 3.8) is 0 Å². The summed E-state index contributed by atoms with van der Waals surface area (Å²) in [6.07, 6.45) is 0. The van der Waals surface area contributed by atoms with E-state index in [2.05, 4.69) is 132 Å². The summed E-state index contributed by atoms with van der Waals surface area (Å²) in [4.78, 5) is 0. The Kier molecular flexibility index (Phi) is 5.99. The molecule has 0 saturated heterocycles. The molecule has 2 heteroatoms. The van der Waals surface area contributed by atoms with Crippen LogP contribution in [0.2, 0.25) is 0 Å². The van der Waals surface area contributed by atoms with Gasteiger partial charge in [0.25, 0.3) is 0 Å². The monoisotopic (exact) mass is 518 g/mol. The highest BCUT2D eigenvalue weighted by Crippen LogP contribution is 2.47. The number of hydrogen-bond donors (Lipinski definition) is 0. The maximum absolute atomic E-state index is 3.86. The Bertz CT molecular complexity index is 1120. The molecule has 0 aliphatic rings. The topological polar surface area (TPSA) is 0 Å². The molecule has 0 N–H and O–H groups in total. The van der Waals surface area contributed by atoms with Crippen molar-refractivity contribution in [2.75, 3.05) is 0 Å². The molecule has 0 saturated carbocycles. The Hall–Kier alpha value is -2.16. The molecule has 0 amide bonds. The smallest absolute Gasteiger partial charge is 0.0240 e. The molecule has 0 nitrogen and oxygen atoms in total. The lowest BCUT2D eigenvalue weighted by atomic mass is 9.83. The van der Waals surface area contributed by atoms with Crippen LogP contribution in [0.1, 0.15) is 22.3 Å². The standard InChI is InChI=1S/C28H24Br2/c1-17-15-23(21-11-7-5-8-12-21)25(19(3)27(17)29)26-20(4)28(30)18(2)16-24(26)22-13-9-6-10-14-22/h5-16H,1-4H3. The minimum Gasteiger partial charge on any atom is -0.0622 e. The molecule has 30 heavy (non-hydrogen) atoms. The van der Waals surface area contributed by atoms with Gasteiger partial charge in [-0.25, -0.2) is 0 Å². The van der Waals surface area contributed by atoms with Crippen molar-refractivity contribution in [1.82, 2.24) is 0 Å². The average molecular weight is 520 g/mol. The Balaban J connectivity index is 2.17. The fourth-order valence-electron chi connectivity index (χ4n) is 4.25. The fourth-order valence-corrected chi connectivity index (χ4v) is 4.88. The molecule has 0 heterocycles. The quantitative estimate of drug-likeness (QED) is 0.253. The minimum absolute atomic E-state index is 1.17. The highest BCUT2D eigenvalue weighted by atomic mass is 79.9. The first-order valence-corrected chi connectivity index (χ1v) is 11.7. The predicted octanol–water partition coefficient (Wildman–Crippen LogP) is 9.45. The number of halogens is 2. The zero-order valence-electron chi connectivity index (χ0n) is 17.7. The summed E-state index contributed by atoms with van der Waals surface area (Å²) < 4.78 is 2.35. The van der Waals surface area contributed by atoms with E-state index in [1.165, 1.54) is 64.6 Å². The summed E-state index contributed by atoms with van der Waals surface area (Å²) in [5.74, 6) is 0. The van der Waals surface area contributed by atoms with Crippen molar-refractivity contribution in [2.45, 2.75) is 27.7 Å². The Morgan fingerprint density at radius 2 is 0.833 bits per heavy atom. The van der Waals surface area contributed by atoms with Crippen LogP contribution in [0.25, 0.3) is 33.4 Å². The van der Waals surface area contributed by atoms with E-state index in [1.54, 1.807) is 0 Å². The molecule has 0 unspecified atom stereocenters. The third-order valence-corrected chi connectivity index (χ3v) is 8.22. The van der Waals surface area contributed by atoms with Gasteiger partial charge in [-0.05, 0) is 95.5 Å². The Morgan fingerprint density at radius 3 is 1.17 bits per heavy atom. The van der Waals surface area contributed by atoms with Crippen molar-refractivity contribution < 1.29 is 0 Å². The largest absolute Gasteiger partial charge is 0.0622 e. The lowest BCUT2D eigenvalue weighted by Crippen LogP contribution is -1.99. The van der Waals surface area contributed by atoms with E-state index in [4.69, 9.17) is 0 Å². The van der Waals surface area contributed by atoms with Gasteiger partial charge in [-0.3, -0.25) is 0 Å². The number of hydrogen-bond acceptors (Lipinski definition) is 0. The van der Waals surface area contributed by atoms with E-state index in [0.717, 1.165) is 0 Å². The summed E-state index contributed by atoms with van der Waals surface area (Å²) >= 11 is 7.72. The van der Waals surface area contributed by atoms with Crippen molar-refractivity contribution in [2.24, 2.45) is 0 Å². The highest BCUT2D eigenvalue weighted by Gasteiger charge is 2.22. The van der Waals surface area contributed by atoms with E-state index in [1.807, 2.05) is 0 Å². The second-order valence-corrected chi connectivity index (χ2v) is 9.43. The normalized spacial score (nSPS) is 11.0. The summed E-state index contributed by atoms with van der Waals surface area (Å²) in [6.45, 7) is 8.79. The van der Waals surface area contributed by atoms with Crippen LogP contribution < -0.4 is 0 Å². The van der Waals surface area contributed by atoms with Gasteiger partial charge in [-0.15, -0.1) is 0 Å². The van der Waals surface area contributed by atoms with Crippen LogP contribution in [0.3, 0.4) is 0 Å². The van der Waals surface area contributed by atoms with Crippen molar-refractivity contribution in [3.8, 4) is 33.4 Å². The molecule has 0 aliphatic heterocycles. The van der Waals surface area contributed by atoms with Gasteiger partial charge in [-0.1, -0.05) is 92.5 Å². The zero-order chi connectivity index (χ0) is 21.4. The maximum atomic E-state index is 3.86. The van der Waals surface area contributed by atoms with Crippen LogP contribution in [0.15, 0.2) is 81.7 Å². The average Bonchev–Trinajstić information content (AvgIpc) is 2.77. The summed E-state index contributed by atoms with van der Waals surface area (Å²) in [7, 11) is 0. The lowest BCUT2D eigenvalue weighted by molar-refractivity contribution is 1.30. The van der Waals surface area contributed by atoms with Gasteiger partial charge in [0.1, 0.15) is 0 Å². The highest BCUT2D eigenvalue weighted by molar-refractivity contribution is 9.11. The van der Waals surface area contributed by atoms with Gasteiger partial charge >= 0.3 is 0 Å². The minimum atomic E-state index is 1.17. The summed E-state index contributed by atoms with van der Waals surface area (Å²) in [5, 5.41) is 0. The molecular weight excluding hydrogens is 496 g/mol. The molecule has 4 rings (SSSR count). The van der Waals surface area contributed by atoms with Crippen molar-refractivity contribution in [3.05, 3.63) is 104 Å². The molecule has 0 bridgehead atoms. The Morgan fingerprint density at radius 1 is 0.500 bits per heavy atom. The van der Waals surface area contributed by atoms with Gasteiger partial charge in [0.15, 0.2) is 0 Å². The van der Waals surface area contributed by atoms with Gasteiger partial charge in [0.05, 0.1) is 0 Å². The van der Waals surface area contributed by atoms with Gasteiger partial charge in [-0.2, -0.15) is 0 Å². The molecule has 0 aliphatic carbocycles. The molecule has 0 atom stereocenters. The first-order chi connectivity index (χ1) is 14.4. The SMILES string of the molecule is Cc1cc(-c2ccccc2)c(-c2c(-c3ccccc3)cc(C)c(Br)c2C)c(C)c1Br. The third kappa shape index (κ3) is 3.68. The number of benzene rings is 4. The van der Waals surface area contributed by atoms with E-state index in [-0.39, 0.29) is 0 Å². The maximum Gasteiger partial charge on any atom is 0.0240 e. The molecule has 0 aromatic heterocycles. The van der Waals surface area contributed by atoms with E-state index < -0.39 is 0 Å². The third-order valence-electron chi connectivity index (χ3n) is 5.78. The van der Waals surface area contributed by atoms with E-state index in [0.29, 0.717) is 0 Å². The number of rotatable bonds is 3. The lowest BCUT2D eigenvalue weighted by Gasteiger charge is -2.23. The van der Waals surface area contributed by atoms with Crippen LogP contribution in [0.5, 0.6) is 0 Å². The molecule has 0 fully saturated rings. The molecule has 4 aromatic carbocycles. The van der Waals surface area contributed by atoms with Gasteiger partial charge < -0.3 is 0 Å².